The number of aliphatic carboxylic acids is 1. The number of rotatable bonds is 6. The van der Waals surface area contributed by atoms with Gasteiger partial charge in [0.15, 0.2) is 6.61 Å². The van der Waals surface area contributed by atoms with E-state index in [1.807, 2.05) is 6.07 Å². The number of likely N-dealkylation sites (tertiary alicyclic amines) is 2. The van der Waals surface area contributed by atoms with Crippen LogP contribution in [0.2, 0.25) is 5.02 Å². The summed E-state index contributed by atoms with van der Waals surface area (Å²) in [6.07, 6.45) is 5.20. The number of hydrogen-bond acceptors (Lipinski definition) is 4. The number of benzene rings is 1. The van der Waals surface area contributed by atoms with Gasteiger partial charge in [-0.05, 0) is 50.6 Å². The summed E-state index contributed by atoms with van der Waals surface area (Å²) in [5, 5.41) is 9.47. The molecule has 2 heterocycles. The molecule has 2 fully saturated rings. The molecule has 2 saturated heterocycles. The van der Waals surface area contributed by atoms with Crippen molar-refractivity contribution in [3.05, 3.63) is 28.8 Å². The van der Waals surface area contributed by atoms with E-state index in [1.165, 1.54) is 38.8 Å². The van der Waals surface area contributed by atoms with E-state index in [0.717, 1.165) is 25.2 Å². The van der Waals surface area contributed by atoms with Gasteiger partial charge in [-0.2, -0.15) is 0 Å². The number of carboxylic acids is 1. The van der Waals surface area contributed by atoms with Gasteiger partial charge in [-0.25, -0.2) is 4.79 Å². The molecular weight excluding hydrogens is 328 g/mol. The van der Waals surface area contributed by atoms with E-state index in [4.69, 9.17) is 21.4 Å². The highest BCUT2D eigenvalue weighted by molar-refractivity contribution is 6.30. The molecule has 3 rings (SSSR count). The van der Waals surface area contributed by atoms with E-state index in [0.29, 0.717) is 16.8 Å². The van der Waals surface area contributed by atoms with E-state index in [1.54, 1.807) is 12.1 Å². The largest absolute Gasteiger partial charge is 0.482 e. The first-order chi connectivity index (χ1) is 11.6. The van der Waals surface area contributed by atoms with Gasteiger partial charge in [-0.1, -0.05) is 18.0 Å². The standard InChI is InChI=1S/C18H25ClN2O3/c19-15-4-5-17(24-13-18(22)23)14(10-15)11-20-9-6-16(12-20)21-7-2-1-3-8-21/h4-5,10,16H,1-3,6-9,11-13H2,(H,22,23). The highest BCUT2D eigenvalue weighted by Gasteiger charge is 2.28. The Bertz CT molecular complexity index is 575. The molecule has 0 bridgehead atoms. The average Bonchev–Trinajstić information content (AvgIpc) is 3.03. The summed E-state index contributed by atoms with van der Waals surface area (Å²) in [6.45, 7) is 4.99. The van der Waals surface area contributed by atoms with Crippen LogP contribution in [0.3, 0.4) is 0 Å². The maximum absolute atomic E-state index is 10.7. The minimum Gasteiger partial charge on any atom is -0.482 e. The van der Waals surface area contributed by atoms with Crippen molar-refractivity contribution in [1.82, 2.24) is 9.80 Å². The predicted molar refractivity (Wildman–Crippen MR) is 93.7 cm³/mol. The predicted octanol–water partition coefficient (Wildman–Crippen LogP) is 2.86. The van der Waals surface area contributed by atoms with Crippen molar-refractivity contribution >= 4 is 17.6 Å². The Morgan fingerprint density at radius 1 is 1.25 bits per heavy atom. The maximum atomic E-state index is 10.7. The lowest BCUT2D eigenvalue weighted by atomic mass is 10.1. The summed E-state index contributed by atoms with van der Waals surface area (Å²) in [5.74, 6) is -0.356. The molecule has 0 aliphatic carbocycles. The van der Waals surface area contributed by atoms with Gasteiger partial charge in [0.2, 0.25) is 0 Å². The molecule has 1 aromatic carbocycles. The van der Waals surface area contributed by atoms with Crippen molar-refractivity contribution in [1.29, 1.82) is 0 Å². The molecule has 0 amide bonds. The quantitative estimate of drug-likeness (QED) is 0.853. The van der Waals surface area contributed by atoms with Crippen molar-refractivity contribution < 1.29 is 14.6 Å². The van der Waals surface area contributed by atoms with Gasteiger partial charge in [-0.3, -0.25) is 9.80 Å². The molecule has 1 atom stereocenters. The van der Waals surface area contributed by atoms with Crippen LogP contribution in [0.1, 0.15) is 31.2 Å². The maximum Gasteiger partial charge on any atom is 0.341 e. The molecule has 2 aliphatic heterocycles. The number of carbonyl (C=O) groups is 1. The molecule has 0 spiro atoms. The Morgan fingerprint density at radius 3 is 2.79 bits per heavy atom. The van der Waals surface area contributed by atoms with Crippen LogP contribution >= 0.6 is 11.6 Å². The fourth-order valence-corrected chi connectivity index (χ4v) is 3.92. The first kappa shape index (κ1) is 17.5. The molecule has 0 aromatic heterocycles. The van der Waals surface area contributed by atoms with Crippen LogP contribution in [0.25, 0.3) is 0 Å². The Kier molecular flexibility index (Phi) is 5.98. The Morgan fingerprint density at radius 2 is 2.04 bits per heavy atom. The zero-order valence-corrected chi connectivity index (χ0v) is 14.7. The number of carboxylic acid groups (broad SMARTS) is 1. The Balaban J connectivity index is 1.61. The smallest absolute Gasteiger partial charge is 0.341 e. The Hall–Kier alpha value is -1.30. The fraction of sp³-hybridized carbons (Fsp3) is 0.611. The lowest BCUT2D eigenvalue weighted by Gasteiger charge is -2.32. The minimum absolute atomic E-state index is 0.328. The number of nitrogens with zero attached hydrogens (tertiary/aromatic N) is 2. The normalized spacial score (nSPS) is 22.6. The molecule has 24 heavy (non-hydrogen) atoms. The highest BCUT2D eigenvalue weighted by Crippen LogP contribution is 2.27. The second-order valence-electron chi connectivity index (χ2n) is 6.71. The van der Waals surface area contributed by atoms with Crippen LogP contribution in [-0.2, 0) is 11.3 Å². The van der Waals surface area contributed by atoms with Gasteiger partial charge in [0, 0.05) is 36.3 Å². The summed E-state index contributed by atoms with van der Waals surface area (Å²) in [5.41, 5.74) is 0.961. The molecule has 0 radical (unpaired) electrons. The van der Waals surface area contributed by atoms with E-state index >= 15 is 0 Å². The zero-order valence-electron chi connectivity index (χ0n) is 13.9. The van der Waals surface area contributed by atoms with Crippen molar-refractivity contribution in [2.75, 3.05) is 32.8 Å². The molecule has 1 unspecified atom stereocenters. The number of piperidine rings is 1. The summed E-state index contributed by atoms with van der Waals surface area (Å²) < 4.78 is 5.41. The van der Waals surface area contributed by atoms with Gasteiger partial charge in [0.05, 0.1) is 0 Å². The van der Waals surface area contributed by atoms with E-state index in [9.17, 15) is 4.79 Å². The topological polar surface area (TPSA) is 53.0 Å². The van der Waals surface area contributed by atoms with E-state index in [2.05, 4.69) is 9.80 Å². The SMILES string of the molecule is O=C(O)COc1ccc(Cl)cc1CN1CCC(N2CCCCC2)C1. The molecule has 132 valence electrons. The fourth-order valence-electron chi connectivity index (χ4n) is 3.73. The molecule has 1 aromatic rings. The third-order valence-electron chi connectivity index (χ3n) is 4.92. The monoisotopic (exact) mass is 352 g/mol. The van der Waals surface area contributed by atoms with Crippen LogP contribution in [-0.4, -0.2) is 59.7 Å². The third kappa shape index (κ3) is 4.62. The second kappa shape index (κ2) is 8.19. The molecule has 2 aliphatic rings. The first-order valence-corrected chi connectivity index (χ1v) is 9.09. The number of halogens is 1. The van der Waals surface area contributed by atoms with Crippen LogP contribution in [0.15, 0.2) is 18.2 Å². The Labute approximate surface area is 148 Å². The van der Waals surface area contributed by atoms with Gasteiger partial charge in [0.25, 0.3) is 0 Å². The third-order valence-corrected chi connectivity index (χ3v) is 5.16. The van der Waals surface area contributed by atoms with Crippen LogP contribution in [0, 0.1) is 0 Å². The molecular formula is C18H25ClN2O3. The zero-order chi connectivity index (χ0) is 16.9. The van der Waals surface area contributed by atoms with Crippen molar-refractivity contribution in [3.63, 3.8) is 0 Å². The van der Waals surface area contributed by atoms with Gasteiger partial charge in [0.1, 0.15) is 5.75 Å². The number of hydrogen-bond donors (Lipinski definition) is 1. The minimum atomic E-state index is -0.970. The average molecular weight is 353 g/mol. The lowest BCUT2D eigenvalue weighted by molar-refractivity contribution is -0.139. The van der Waals surface area contributed by atoms with Crippen LogP contribution in [0.5, 0.6) is 5.75 Å². The van der Waals surface area contributed by atoms with E-state index in [-0.39, 0.29) is 6.61 Å². The van der Waals surface area contributed by atoms with Gasteiger partial charge in [-0.15, -0.1) is 0 Å². The van der Waals surface area contributed by atoms with Gasteiger partial charge < -0.3 is 9.84 Å². The summed E-state index contributed by atoms with van der Waals surface area (Å²) >= 11 is 6.12. The second-order valence-corrected chi connectivity index (χ2v) is 7.15. The van der Waals surface area contributed by atoms with Gasteiger partial charge >= 0.3 is 5.97 Å². The first-order valence-electron chi connectivity index (χ1n) is 8.71. The van der Waals surface area contributed by atoms with Crippen molar-refractivity contribution in [2.45, 2.75) is 38.3 Å². The van der Waals surface area contributed by atoms with E-state index < -0.39 is 5.97 Å². The lowest BCUT2D eigenvalue weighted by Crippen LogP contribution is -2.40. The molecule has 6 heteroatoms. The summed E-state index contributed by atoms with van der Waals surface area (Å²) in [6, 6.07) is 6.03. The van der Waals surface area contributed by atoms with Crippen LogP contribution < -0.4 is 4.74 Å². The molecule has 5 nitrogen and oxygen atoms in total. The van der Waals surface area contributed by atoms with Crippen molar-refractivity contribution in [3.8, 4) is 5.75 Å². The van der Waals surface area contributed by atoms with Crippen LogP contribution in [0.4, 0.5) is 0 Å². The highest BCUT2D eigenvalue weighted by atomic mass is 35.5. The number of ether oxygens (including phenoxy) is 1. The summed E-state index contributed by atoms with van der Waals surface area (Å²) in [7, 11) is 0. The molecule has 0 saturated carbocycles. The summed E-state index contributed by atoms with van der Waals surface area (Å²) in [4.78, 5) is 15.8. The van der Waals surface area contributed by atoms with Crippen molar-refractivity contribution in [2.24, 2.45) is 0 Å². The molecule has 1 N–H and O–H groups in total.